The lowest BCUT2D eigenvalue weighted by atomic mass is 9.98. The number of benzene rings is 1. The van der Waals surface area contributed by atoms with Gasteiger partial charge in [0.25, 0.3) is 11.6 Å². The molecule has 3 heterocycles. The van der Waals surface area contributed by atoms with Gasteiger partial charge in [0.2, 0.25) is 5.95 Å². The quantitative estimate of drug-likeness (QED) is 0.565. The monoisotopic (exact) mass is 410 g/mol. The van der Waals surface area contributed by atoms with Crippen LogP contribution in [0.1, 0.15) is 30.1 Å². The third-order valence-electron chi connectivity index (χ3n) is 5.95. The number of carbonyl (C=O) groups excluding carboxylic acids is 1. The van der Waals surface area contributed by atoms with Gasteiger partial charge in [0.05, 0.1) is 4.92 Å². The van der Waals surface area contributed by atoms with Gasteiger partial charge in [0.1, 0.15) is 5.69 Å². The number of nitrogens with zero attached hydrogens (tertiary/aromatic N) is 6. The van der Waals surface area contributed by atoms with E-state index in [2.05, 4.69) is 21.8 Å². The van der Waals surface area contributed by atoms with Crippen molar-refractivity contribution in [3.05, 3.63) is 52.3 Å². The molecule has 2 aliphatic rings. The molecule has 0 bridgehead atoms. The van der Waals surface area contributed by atoms with E-state index >= 15 is 0 Å². The summed E-state index contributed by atoms with van der Waals surface area (Å²) in [6.07, 6.45) is 5.44. The molecule has 158 valence electrons. The summed E-state index contributed by atoms with van der Waals surface area (Å²) in [7, 11) is 0. The summed E-state index contributed by atoms with van der Waals surface area (Å²) in [6.45, 7) is 6.12. The topological polar surface area (TPSA) is 95.7 Å². The zero-order valence-corrected chi connectivity index (χ0v) is 17.1. The molecular formula is C21H26N6O3. The van der Waals surface area contributed by atoms with Crippen LogP contribution in [0.2, 0.25) is 0 Å². The van der Waals surface area contributed by atoms with E-state index < -0.39 is 0 Å². The van der Waals surface area contributed by atoms with Gasteiger partial charge in [-0.05, 0) is 37.0 Å². The van der Waals surface area contributed by atoms with Gasteiger partial charge in [-0.2, -0.15) is 0 Å². The third kappa shape index (κ3) is 4.19. The standard InChI is InChI=1S/C21H26N6O3/c1-16-5-9-24(10-6-16)18-4-3-17(15-19(18)27(29)30)20(28)25-11-13-26(14-12-25)21-22-7-2-8-23-21/h2-4,7-8,15-16H,5-6,9-14H2,1H3. The summed E-state index contributed by atoms with van der Waals surface area (Å²) in [5.41, 5.74) is 0.974. The Morgan fingerprint density at radius 3 is 2.33 bits per heavy atom. The molecular weight excluding hydrogens is 384 g/mol. The van der Waals surface area contributed by atoms with Crippen molar-refractivity contribution in [1.82, 2.24) is 14.9 Å². The van der Waals surface area contributed by atoms with Crippen molar-refractivity contribution in [2.75, 3.05) is 49.1 Å². The van der Waals surface area contributed by atoms with E-state index in [1.54, 1.807) is 35.5 Å². The van der Waals surface area contributed by atoms with Crippen LogP contribution < -0.4 is 9.80 Å². The number of amides is 1. The maximum atomic E-state index is 13.0. The first-order chi connectivity index (χ1) is 14.5. The Morgan fingerprint density at radius 2 is 1.70 bits per heavy atom. The van der Waals surface area contributed by atoms with Crippen LogP contribution in [0.25, 0.3) is 0 Å². The first-order valence-corrected chi connectivity index (χ1v) is 10.4. The van der Waals surface area contributed by atoms with Gasteiger partial charge in [0.15, 0.2) is 0 Å². The molecule has 2 saturated heterocycles. The predicted octanol–water partition coefficient (Wildman–Crippen LogP) is 2.58. The first kappa shape index (κ1) is 20.1. The van der Waals surface area contributed by atoms with Gasteiger partial charge < -0.3 is 14.7 Å². The van der Waals surface area contributed by atoms with Gasteiger partial charge in [-0.25, -0.2) is 9.97 Å². The Labute approximate surface area is 175 Å². The maximum absolute atomic E-state index is 13.0. The molecule has 1 aromatic heterocycles. The van der Waals surface area contributed by atoms with Crippen molar-refractivity contribution in [2.45, 2.75) is 19.8 Å². The van der Waals surface area contributed by atoms with E-state index in [9.17, 15) is 14.9 Å². The van der Waals surface area contributed by atoms with E-state index in [0.29, 0.717) is 49.3 Å². The molecule has 0 N–H and O–H groups in total. The van der Waals surface area contributed by atoms with E-state index in [0.717, 1.165) is 25.9 Å². The lowest BCUT2D eigenvalue weighted by Crippen LogP contribution is -2.49. The number of aromatic nitrogens is 2. The predicted molar refractivity (Wildman–Crippen MR) is 114 cm³/mol. The van der Waals surface area contributed by atoms with Gasteiger partial charge in [-0.15, -0.1) is 0 Å². The van der Waals surface area contributed by atoms with Crippen LogP contribution in [-0.4, -0.2) is 65.0 Å². The molecule has 9 heteroatoms. The minimum Gasteiger partial charge on any atom is -0.366 e. The van der Waals surface area contributed by atoms with Crippen LogP contribution in [0.15, 0.2) is 36.7 Å². The molecule has 0 unspecified atom stereocenters. The lowest BCUT2D eigenvalue weighted by molar-refractivity contribution is -0.384. The first-order valence-electron chi connectivity index (χ1n) is 10.4. The minimum absolute atomic E-state index is 0.00623. The fourth-order valence-corrected chi connectivity index (χ4v) is 4.07. The average molecular weight is 410 g/mol. The normalized spacial score (nSPS) is 17.8. The van der Waals surface area contributed by atoms with Gasteiger partial charge in [-0.3, -0.25) is 14.9 Å². The second-order valence-electron chi connectivity index (χ2n) is 7.96. The molecule has 0 atom stereocenters. The Bertz CT molecular complexity index is 906. The smallest absolute Gasteiger partial charge is 0.293 e. The second-order valence-corrected chi connectivity index (χ2v) is 7.96. The van der Waals surface area contributed by atoms with E-state index in [-0.39, 0.29) is 16.5 Å². The molecule has 9 nitrogen and oxygen atoms in total. The Hall–Kier alpha value is -3.23. The zero-order valence-electron chi connectivity index (χ0n) is 17.1. The zero-order chi connectivity index (χ0) is 21.1. The number of hydrogen-bond acceptors (Lipinski definition) is 7. The largest absolute Gasteiger partial charge is 0.366 e. The van der Waals surface area contributed by atoms with Crippen molar-refractivity contribution in [3.8, 4) is 0 Å². The second kappa shape index (κ2) is 8.64. The van der Waals surface area contributed by atoms with Crippen molar-refractivity contribution in [2.24, 2.45) is 5.92 Å². The van der Waals surface area contributed by atoms with Crippen LogP contribution >= 0.6 is 0 Å². The average Bonchev–Trinajstić information content (AvgIpc) is 2.79. The number of piperazine rings is 1. The maximum Gasteiger partial charge on any atom is 0.293 e. The van der Waals surface area contributed by atoms with Crippen molar-refractivity contribution in [3.63, 3.8) is 0 Å². The van der Waals surface area contributed by atoms with Crippen LogP contribution in [0.4, 0.5) is 17.3 Å². The third-order valence-corrected chi connectivity index (χ3v) is 5.95. The highest BCUT2D eigenvalue weighted by atomic mass is 16.6. The molecule has 4 rings (SSSR count). The number of nitro benzene ring substituents is 1. The SMILES string of the molecule is CC1CCN(c2ccc(C(=O)N3CCN(c4ncccn4)CC3)cc2[N+](=O)[O-])CC1. The summed E-state index contributed by atoms with van der Waals surface area (Å²) < 4.78 is 0. The van der Waals surface area contributed by atoms with E-state index in [4.69, 9.17) is 0 Å². The summed E-state index contributed by atoms with van der Waals surface area (Å²) in [4.78, 5) is 38.7. The molecule has 30 heavy (non-hydrogen) atoms. The van der Waals surface area contributed by atoms with Crippen LogP contribution in [0, 0.1) is 16.0 Å². The molecule has 0 spiro atoms. The van der Waals surface area contributed by atoms with Gasteiger partial charge in [-0.1, -0.05) is 6.92 Å². The minimum atomic E-state index is -0.380. The van der Waals surface area contributed by atoms with Crippen molar-refractivity contribution >= 4 is 23.2 Å². The Kier molecular flexibility index (Phi) is 5.78. The number of carbonyl (C=O) groups is 1. The highest BCUT2D eigenvalue weighted by molar-refractivity contribution is 5.96. The fraction of sp³-hybridized carbons (Fsp3) is 0.476. The Morgan fingerprint density at radius 1 is 1.03 bits per heavy atom. The molecule has 2 fully saturated rings. The molecule has 2 aliphatic heterocycles. The summed E-state index contributed by atoms with van der Waals surface area (Å²) >= 11 is 0. The molecule has 1 aromatic carbocycles. The molecule has 0 saturated carbocycles. The number of nitro groups is 1. The molecule has 0 radical (unpaired) electrons. The highest BCUT2D eigenvalue weighted by Gasteiger charge is 2.28. The number of hydrogen-bond donors (Lipinski definition) is 0. The Balaban J connectivity index is 1.46. The number of piperidine rings is 1. The van der Waals surface area contributed by atoms with Gasteiger partial charge >= 0.3 is 0 Å². The summed E-state index contributed by atoms with van der Waals surface area (Å²) in [6, 6.07) is 6.65. The van der Waals surface area contributed by atoms with E-state index in [1.807, 2.05) is 4.90 Å². The van der Waals surface area contributed by atoms with Crippen molar-refractivity contribution in [1.29, 1.82) is 0 Å². The molecule has 2 aromatic rings. The summed E-state index contributed by atoms with van der Waals surface area (Å²) in [5, 5.41) is 11.7. The summed E-state index contributed by atoms with van der Waals surface area (Å²) in [5.74, 6) is 1.12. The van der Waals surface area contributed by atoms with Gasteiger partial charge in [0, 0.05) is 63.3 Å². The number of rotatable bonds is 4. The van der Waals surface area contributed by atoms with Crippen LogP contribution in [0.5, 0.6) is 0 Å². The molecule has 0 aliphatic carbocycles. The van der Waals surface area contributed by atoms with Crippen molar-refractivity contribution < 1.29 is 9.72 Å². The van der Waals surface area contributed by atoms with Crippen LogP contribution in [-0.2, 0) is 0 Å². The lowest BCUT2D eigenvalue weighted by Gasteiger charge is -2.35. The molecule has 1 amide bonds. The number of anilines is 2. The van der Waals surface area contributed by atoms with Crippen LogP contribution in [0.3, 0.4) is 0 Å². The van der Waals surface area contributed by atoms with E-state index in [1.165, 1.54) is 6.07 Å². The fourth-order valence-electron chi connectivity index (χ4n) is 4.07. The highest BCUT2D eigenvalue weighted by Crippen LogP contribution is 2.32.